The second-order valence-electron chi connectivity index (χ2n) is 5.06. The maximum absolute atomic E-state index is 12.1. The Hall–Kier alpha value is -2.47. The van der Waals surface area contributed by atoms with Crippen molar-refractivity contribution in [2.75, 3.05) is 26.8 Å². The summed E-state index contributed by atoms with van der Waals surface area (Å²) in [5.74, 6) is -1.24. The Morgan fingerprint density at radius 3 is 2.39 bits per heavy atom. The molecule has 6 heteroatoms. The number of methoxy groups -OCH3 is 1. The first-order valence-corrected chi connectivity index (χ1v) is 7.18. The van der Waals surface area contributed by atoms with Crippen LogP contribution in [0.15, 0.2) is 30.3 Å². The van der Waals surface area contributed by atoms with E-state index in [0.29, 0.717) is 13.2 Å². The molecule has 0 aliphatic rings. The Bertz CT molecular complexity index is 577. The van der Waals surface area contributed by atoms with Gasteiger partial charge in [-0.2, -0.15) is 0 Å². The van der Waals surface area contributed by atoms with Crippen LogP contribution in [0, 0.1) is 0 Å². The fourth-order valence-electron chi connectivity index (χ4n) is 1.96. The third-order valence-corrected chi connectivity index (χ3v) is 3.18. The van der Waals surface area contributed by atoms with Gasteiger partial charge in [-0.1, -0.05) is 24.3 Å². The lowest BCUT2D eigenvalue weighted by molar-refractivity contribution is -0.134. The number of amides is 1. The number of carbonyl (C=O) groups excluding carboxylic acids is 2. The predicted molar refractivity (Wildman–Crippen MR) is 86.0 cm³/mol. The predicted octanol–water partition coefficient (Wildman–Crippen LogP) is 1.39. The average Bonchev–Trinajstić information content (AvgIpc) is 2.50. The number of ketones is 1. The highest BCUT2D eigenvalue weighted by atomic mass is 16.5. The number of hydrogen-bond acceptors (Lipinski definition) is 4. The van der Waals surface area contributed by atoms with E-state index in [1.165, 1.54) is 17.9 Å². The van der Waals surface area contributed by atoms with Gasteiger partial charge in [0, 0.05) is 33.1 Å². The van der Waals surface area contributed by atoms with Crippen LogP contribution in [0.1, 0.15) is 18.1 Å². The molecule has 0 saturated heterocycles. The summed E-state index contributed by atoms with van der Waals surface area (Å²) in [6.45, 7) is 2.25. The topological polar surface area (TPSA) is 83.9 Å². The van der Waals surface area contributed by atoms with E-state index in [-0.39, 0.29) is 24.7 Å². The largest absolute Gasteiger partial charge is 0.478 e. The zero-order chi connectivity index (χ0) is 17.2. The number of carboxylic acid groups (broad SMARTS) is 1. The molecule has 0 bridgehead atoms. The number of rotatable bonds is 9. The lowest BCUT2D eigenvalue weighted by Gasteiger charge is -2.19. The number of benzene rings is 1. The van der Waals surface area contributed by atoms with E-state index in [1.807, 2.05) is 0 Å². The first-order valence-electron chi connectivity index (χ1n) is 7.18. The highest BCUT2D eigenvalue weighted by Gasteiger charge is 2.13. The summed E-state index contributed by atoms with van der Waals surface area (Å²) in [5.41, 5.74) is 1.56. The normalized spacial score (nSPS) is 10.7. The lowest BCUT2D eigenvalue weighted by Crippen LogP contribution is -2.37. The fourth-order valence-corrected chi connectivity index (χ4v) is 1.96. The molecular weight excluding hydrogens is 298 g/mol. The van der Waals surface area contributed by atoms with Gasteiger partial charge in [0.15, 0.2) is 5.78 Å². The van der Waals surface area contributed by atoms with Crippen molar-refractivity contribution in [3.05, 3.63) is 41.5 Å². The molecule has 0 spiro atoms. The van der Waals surface area contributed by atoms with Crippen molar-refractivity contribution in [3.63, 3.8) is 0 Å². The first kappa shape index (κ1) is 18.6. The molecule has 1 N–H and O–H groups in total. The van der Waals surface area contributed by atoms with E-state index in [9.17, 15) is 14.4 Å². The Balaban J connectivity index is 2.59. The van der Waals surface area contributed by atoms with Crippen molar-refractivity contribution in [2.24, 2.45) is 0 Å². The molecule has 0 aliphatic heterocycles. The Labute approximate surface area is 135 Å². The molecule has 23 heavy (non-hydrogen) atoms. The maximum atomic E-state index is 12.1. The van der Waals surface area contributed by atoms with Gasteiger partial charge in [-0.15, -0.1) is 0 Å². The maximum Gasteiger partial charge on any atom is 0.328 e. The summed E-state index contributed by atoms with van der Waals surface area (Å²) in [6.07, 6.45) is 2.76. The molecule has 0 atom stereocenters. The van der Waals surface area contributed by atoms with Crippen molar-refractivity contribution < 1.29 is 24.2 Å². The van der Waals surface area contributed by atoms with Crippen molar-refractivity contribution in [1.82, 2.24) is 4.90 Å². The molecule has 124 valence electrons. The van der Waals surface area contributed by atoms with Crippen molar-refractivity contribution in [3.8, 4) is 0 Å². The molecule has 0 aliphatic carbocycles. The van der Waals surface area contributed by atoms with E-state index < -0.39 is 5.97 Å². The molecule has 0 fully saturated rings. The van der Waals surface area contributed by atoms with Gasteiger partial charge in [0.05, 0.1) is 13.2 Å². The van der Waals surface area contributed by atoms with E-state index in [4.69, 9.17) is 9.84 Å². The molecular formula is C17H21NO5. The van der Waals surface area contributed by atoms with Gasteiger partial charge >= 0.3 is 5.97 Å². The highest BCUT2D eigenvalue weighted by molar-refractivity contribution is 5.87. The Morgan fingerprint density at radius 1 is 1.22 bits per heavy atom. The zero-order valence-corrected chi connectivity index (χ0v) is 13.3. The third kappa shape index (κ3) is 7.37. The molecule has 0 radical (unpaired) electrons. The summed E-state index contributed by atoms with van der Waals surface area (Å²) < 4.78 is 4.92. The second kappa shape index (κ2) is 9.53. The number of carboxylic acids is 1. The van der Waals surface area contributed by atoms with E-state index >= 15 is 0 Å². The first-order chi connectivity index (χ1) is 10.9. The summed E-state index contributed by atoms with van der Waals surface area (Å²) >= 11 is 0. The smallest absolute Gasteiger partial charge is 0.328 e. The number of aliphatic carboxylic acids is 1. The molecule has 1 aromatic carbocycles. The van der Waals surface area contributed by atoms with Crippen LogP contribution in [0.4, 0.5) is 0 Å². The molecule has 1 aromatic rings. The second-order valence-corrected chi connectivity index (χ2v) is 5.06. The van der Waals surface area contributed by atoms with E-state index in [1.54, 1.807) is 31.4 Å². The fraction of sp³-hybridized carbons (Fsp3) is 0.353. The summed E-state index contributed by atoms with van der Waals surface area (Å²) in [6, 6.07) is 7.03. The molecule has 0 aromatic heterocycles. The molecule has 1 amide bonds. The van der Waals surface area contributed by atoms with Gasteiger partial charge < -0.3 is 14.7 Å². The molecule has 1 rings (SSSR count). The van der Waals surface area contributed by atoms with Crippen LogP contribution in [-0.4, -0.2) is 54.5 Å². The lowest BCUT2D eigenvalue weighted by atomic mass is 10.1. The number of ether oxygens (including phenoxy) is 1. The van der Waals surface area contributed by atoms with Gasteiger partial charge in [0.1, 0.15) is 0 Å². The van der Waals surface area contributed by atoms with Gasteiger partial charge in [0.25, 0.3) is 0 Å². The van der Waals surface area contributed by atoms with E-state index in [0.717, 1.165) is 17.2 Å². The van der Waals surface area contributed by atoms with Crippen molar-refractivity contribution in [2.45, 2.75) is 13.3 Å². The van der Waals surface area contributed by atoms with Crippen molar-refractivity contribution >= 4 is 23.7 Å². The van der Waals surface area contributed by atoms with Gasteiger partial charge in [-0.05, 0) is 17.2 Å². The van der Waals surface area contributed by atoms with Crippen LogP contribution in [0.5, 0.6) is 0 Å². The number of nitrogens with zero attached hydrogens (tertiary/aromatic N) is 1. The van der Waals surface area contributed by atoms with Gasteiger partial charge in [0.2, 0.25) is 5.91 Å². The average molecular weight is 319 g/mol. The monoisotopic (exact) mass is 319 g/mol. The minimum atomic E-state index is -1.01. The Morgan fingerprint density at radius 2 is 1.87 bits per heavy atom. The van der Waals surface area contributed by atoms with Crippen LogP contribution in [0.2, 0.25) is 0 Å². The van der Waals surface area contributed by atoms with Gasteiger partial charge in [-0.25, -0.2) is 4.79 Å². The third-order valence-electron chi connectivity index (χ3n) is 3.18. The van der Waals surface area contributed by atoms with Crippen LogP contribution >= 0.6 is 0 Å². The number of hydrogen-bond donors (Lipinski definition) is 1. The highest BCUT2D eigenvalue weighted by Crippen LogP contribution is 2.08. The number of carbonyl (C=O) groups is 3. The summed E-state index contributed by atoms with van der Waals surface area (Å²) in [7, 11) is 1.54. The summed E-state index contributed by atoms with van der Waals surface area (Å²) in [4.78, 5) is 35.4. The SMILES string of the molecule is COCCN(CC(=O)Cc1ccc(/C=C/C(=O)O)cc1)C(C)=O. The molecule has 6 nitrogen and oxygen atoms in total. The minimum Gasteiger partial charge on any atom is -0.478 e. The molecule has 0 saturated carbocycles. The number of Topliss-reactive ketones (excluding diaryl/α,β-unsaturated/α-hetero) is 1. The quantitative estimate of drug-likeness (QED) is 0.695. The van der Waals surface area contributed by atoms with Crippen LogP contribution < -0.4 is 0 Å². The van der Waals surface area contributed by atoms with Gasteiger partial charge in [-0.3, -0.25) is 9.59 Å². The van der Waals surface area contributed by atoms with Crippen LogP contribution in [0.3, 0.4) is 0 Å². The summed E-state index contributed by atoms with van der Waals surface area (Å²) in [5, 5.41) is 8.57. The minimum absolute atomic E-state index is 0.0549. The zero-order valence-electron chi connectivity index (χ0n) is 13.3. The van der Waals surface area contributed by atoms with Crippen LogP contribution in [-0.2, 0) is 25.5 Å². The van der Waals surface area contributed by atoms with Crippen molar-refractivity contribution in [1.29, 1.82) is 0 Å². The Kier molecular flexibility index (Phi) is 7.70. The standard InChI is InChI=1S/C17H21NO5/c1-13(19)18(9-10-23-2)12-16(20)11-15-5-3-14(4-6-15)7-8-17(21)22/h3-8H,9-12H2,1-2H3,(H,21,22)/b8-7+. The van der Waals surface area contributed by atoms with E-state index in [2.05, 4.69) is 0 Å². The molecule has 0 unspecified atom stereocenters. The molecule has 0 heterocycles. The van der Waals surface area contributed by atoms with Crippen LogP contribution in [0.25, 0.3) is 6.08 Å².